The van der Waals surface area contributed by atoms with Crippen LogP contribution in [0.5, 0.6) is 0 Å². The summed E-state index contributed by atoms with van der Waals surface area (Å²) in [5, 5.41) is 0. The number of ether oxygens (including phenoxy) is 1. The number of carbonyl (C=O) groups excluding carboxylic acids is 1. The van der Waals surface area contributed by atoms with Gasteiger partial charge in [0, 0.05) is 19.1 Å². The summed E-state index contributed by atoms with van der Waals surface area (Å²) >= 11 is 0. The molecule has 0 radical (unpaired) electrons. The van der Waals surface area contributed by atoms with E-state index in [4.69, 9.17) is 4.74 Å². The number of carbonyl (C=O) groups is 1. The number of amides is 1. The van der Waals surface area contributed by atoms with Crippen LogP contribution in [0.2, 0.25) is 0 Å². The third kappa shape index (κ3) is 6.64. The molecule has 2 heterocycles. The molecule has 2 aromatic rings. The summed E-state index contributed by atoms with van der Waals surface area (Å²) in [5.41, 5.74) is 0.743. The van der Waals surface area contributed by atoms with Gasteiger partial charge in [0.1, 0.15) is 5.60 Å². The highest BCUT2D eigenvalue weighted by Crippen LogP contribution is 2.28. The normalized spacial score (nSPS) is 19.0. The first kappa shape index (κ1) is 25.7. The molecular weight excluding hydrogens is 460 g/mol. The van der Waals surface area contributed by atoms with Crippen molar-refractivity contribution in [3.05, 3.63) is 60.2 Å². The third-order valence-electron chi connectivity index (χ3n) is 7.09. The van der Waals surface area contributed by atoms with Crippen molar-refractivity contribution in [1.29, 1.82) is 0 Å². The molecule has 0 saturated carbocycles. The smallest absolute Gasteiger partial charge is 0.410 e. The monoisotopic (exact) mass is 498 g/mol. The molecule has 0 unspecified atom stereocenters. The summed E-state index contributed by atoms with van der Waals surface area (Å²) < 4.78 is 31.1. The molecule has 1 amide bonds. The highest BCUT2D eigenvalue weighted by Gasteiger charge is 2.31. The maximum absolute atomic E-state index is 12.8. The minimum atomic E-state index is -3.47. The van der Waals surface area contributed by atoms with Gasteiger partial charge in [-0.15, -0.1) is 0 Å². The first-order chi connectivity index (χ1) is 16.6. The average molecular weight is 499 g/mol. The van der Waals surface area contributed by atoms with E-state index >= 15 is 0 Å². The Bertz CT molecular complexity index is 1080. The maximum atomic E-state index is 12.8. The zero-order valence-corrected chi connectivity index (χ0v) is 22.0. The van der Waals surface area contributed by atoms with Gasteiger partial charge < -0.3 is 14.5 Å². The summed E-state index contributed by atoms with van der Waals surface area (Å²) in [7, 11) is -3.47. The summed E-state index contributed by atoms with van der Waals surface area (Å²) in [5.74, 6) is 0.615. The van der Waals surface area contributed by atoms with Crippen LogP contribution in [0.4, 0.5) is 4.79 Å². The zero-order chi connectivity index (χ0) is 25.1. The Hall–Kier alpha value is -2.38. The lowest BCUT2D eigenvalue weighted by Crippen LogP contribution is -2.49. The second-order valence-corrected chi connectivity index (χ2v) is 12.8. The molecular formula is C28H38N2O4S. The molecule has 4 rings (SSSR count). The van der Waals surface area contributed by atoms with Gasteiger partial charge in [-0.1, -0.05) is 30.3 Å². The molecule has 35 heavy (non-hydrogen) atoms. The molecule has 0 bridgehead atoms. The molecule has 0 spiro atoms. The van der Waals surface area contributed by atoms with Crippen LogP contribution in [0.15, 0.2) is 64.4 Å². The molecule has 190 valence electrons. The number of nitrogens with zero attached hydrogens (tertiary/aromatic N) is 2. The number of likely N-dealkylation sites (tertiary alicyclic amines) is 2. The van der Waals surface area contributed by atoms with E-state index < -0.39 is 15.4 Å². The minimum Gasteiger partial charge on any atom is -0.444 e. The molecule has 7 heteroatoms. The van der Waals surface area contributed by atoms with E-state index in [9.17, 15) is 13.2 Å². The van der Waals surface area contributed by atoms with E-state index in [0.717, 1.165) is 58.3 Å². The first-order valence-corrected chi connectivity index (χ1v) is 14.2. The fraction of sp³-hybridized carbons (Fsp3) is 0.536. The molecule has 0 aromatic heterocycles. The van der Waals surface area contributed by atoms with E-state index in [1.54, 1.807) is 36.4 Å². The van der Waals surface area contributed by atoms with Gasteiger partial charge >= 0.3 is 6.09 Å². The van der Waals surface area contributed by atoms with Crippen molar-refractivity contribution in [3.63, 3.8) is 0 Å². The van der Waals surface area contributed by atoms with Crippen molar-refractivity contribution in [2.75, 3.05) is 26.2 Å². The van der Waals surface area contributed by atoms with E-state index in [1.165, 1.54) is 5.56 Å². The first-order valence-electron chi connectivity index (χ1n) is 12.7. The predicted octanol–water partition coefficient (Wildman–Crippen LogP) is 5.17. The number of rotatable bonds is 5. The molecule has 0 atom stereocenters. The highest BCUT2D eigenvalue weighted by molar-refractivity contribution is 7.91. The van der Waals surface area contributed by atoms with Gasteiger partial charge in [-0.3, -0.25) is 0 Å². The summed E-state index contributed by atoms with van der Waals surface area (Å²) in [6.45, 7) is 9.41. The topological polar surface area (TPSA) is 66.9 Å². The molecule has 2 saturated heterocycles. The van der Waals surface area contributed by atoms with Crippen LogP contribution in [-0.4, -0.2) is 62.1 Å². The number of hydrogen-bond acceptors (Lipinski definition) is 5. The number of benzene rings is 2. The molecule has 2 aromatic carbocycles. The van der Waals surface area contributed by atoms with Crippen molar-refractivity contribution >= 4 is 15.9 Å². The van der Waals surface area contributed by atoms with Crippen LogP contribution in [-0.2, 0) is 21.0 Å². The molecule has 2 aliphatic heterocycles. The Labute approximate surface area is 210 Å². The maximum Gasteiger partial charge on any atom is 0.410 e. The van der Waals surface area contributed by atoms with Crippen molar-refractivity contribution < 1.29 is 17.9 Å². The Morgan fingerprint density at radius 2 is 1.43 bits per heavy atom. The van der Waals surface area contributed by atoms with Crippen LogP contribution in [0.1, 0.15) is 52.0 Å². The van der Waals surface area contributed by atoms with Crippen molar-refractivity contribution in [2.24, 2.45) is 5.92 Å². The van der Waals surface area contributed by atoms with Gasteiger partial charge in [-0.25, -0.2) is 13.2 Å². The Morgan fingerprint density at radius 1 is 0.857 bits per heavy atom. The summed E-state index contributed by atoms with van der Waals surface area (Å²) in [4.78, 5) is 17.4. The molecule has 0 N–H and O–H groups in total. The van der Waals surface area contributed by atoms with Crippen LogP contribution in [0.3, 0.4) is 0 Å². The van der Waals surface area contributed by atoms with Crippen LogP contribution >= 0.6 is 0 Å². The lowest BCUT2D eigenvalue weighted by atomic mass is 9.88. The average Bonchev–Trinajstić information content (AvgIpc) is 2.84. The zero-order valence-electron chi connectivity index (χ0n) is 21.2. The minimum absolute atomic E-state index is 0.197. The number of hydrogen-bond donors (Lipinski definition) is 0. The Morgan fingerprint density at radius 3 is 2.00 bits per heavy atom. The molecule has 2 aliphatic rings. The SMILES string of the molecule is CC(C)(C)OC(=O)N1CCC(N2CCC(Cc3ccc(S(=O)(=O)c4ccccc4)cc3)CC2)CC1. The highest BCUT2D eigenvalue weighted by atomic mass is 32.2. The van der Waals surface area contributed by atoms with E-state index in [2.05, 4.69) is 4.90 Å². The van der Waals surface area contributed by atoms with Crippen molar-refractivity contribution in [3.8, 4) is 0 Å². The van der Waals surface area contributed by atoms with Gasteiger partial charge in [-0.05, 0) is 102 Å². The van der Waals surface area contributed by atoms with Crippen LogP contribution < -0.4 is 0 Å². The summed E-state index contributed by atoms with van der Waals surface area (Å²) in [6, 6.07) is 16.5. The Balaban J connectivity index is 1.24. The van der Waals surface area contributed by atoms with Gasteiger partial charge in [0.05, 0.1) is 9.79 Å². The Kier molecular flexibility index (Phi) is 7.86. The van der Waals surface area contributed by atoms with Gasteiger partial charge in [0.15, 0.2) is 0 Å². The number of sulfone groups is 1. The van der Waals surface area contributed by atoms with E-state index in [1.807, 2.05) is 43.9 Å². The fourth-order valence-corrected chi connectivity index (χ4v) is 6.42. The third-order valence-corrected chi connectivity index (χ3v) is 8.88. The summed E-state index contributed by atoms with van der Waals surface area (Å²) in [6.07, 6.45) is 5.09. The van der Waals surface area contributed by atoms with E-state index in [-0.39, 0.29) is 6.09 Å². The van der Waals surface area contributed by atoms with Gasteiger partial charge in [0.25, 0.3) is 0 Å². The largest absolute Gasteiger partial charge is 0.444 e. The lowest BCUT2D eigenvalue weighted by molar-refractivity contribution is 0.0119. The number of piperidine rings is 2. The van der Waals surface area contributed by atoms with Crippen LogP contribution in [0.25, 0.3) is 0 Å². The second-order valence-electron chi connectivity index (χ2n) is 10.8. The molecule has 0 aliphatic carbocycles. The van der Waals surface area contributed by atoms with Crippen molar-refractivity contribution in [2.45, 2.75) is 74.3 Å². The van der Waals surface area contributed by atoms with E-state index in [0.29, 0.717) is 21.8 Å². The fourth-order valence-electron chi connectivity index (χ4n) is 5.14. The molecule has 2 fully saturated rings. The van der Waals surface area contributed by atoms with Gasteiger partial charge in [-0.2, -0.15) is 0 Å². The quantitative estimate of drug-likeness (QED) is 0.569. The second kappa shape index (κ2) is 10.7. The van der Waals surface area contributed by atoms with Crippen molar-refractivity contribution in [1.82, 2.24) is 9.80 Å². The predicted molar refractivity (Wildman–Crippen MR) is 137 cm³/mol. The molecule has 6 nitrogen and oxygen atoms in total. The van der Waals surface area contributed by atoms with Crippen LogP contribution in [0, 0.1) is 5.92 Å². The standard InChI is InChI=1S/C28H38N2O4S/c1-28(2,3)34-27(31)30-19-15-24(16-20-30)29-17-13-23(14-18-29)21-22-9-11-26(12-10-22)35(32,33)25-7-5-4-6-8-25/h4-12,23-24H,13-21H2,1-3H3. The van der Waals surface area contributed by atoms with Gasteiger partial charge in [0.2, 0.25) is 9.84 Å². The lowest BCUT2D eigenvalue weighted by Gasteiger charge is -2.42.